The molecule has 4 heteroatoms. The predicted molar refractivity (Wildman–Crippen MR) is 84.7 cm³/mol. The summed E-state index contributed by atoms with van der Waals surface area (Å²) >= 11 is 11.8. The van der Waals surface area contributed by atoms with Gasteiger partial charge in [-0.1, -0.05) is 47.5 Å². The lowest BCUT2D eigenvalue weighted by atomic mass is 10.2. The first-order valence-electron chi connectivity index (χ1n) is 6.58. The van der Waals surface area contributed by atoms with Crippen LogP contribution in [0.5, 0.6) is 5.75 Å². The molecule has 0 aliphatic carbocycles. The molecule has 2 aromatic rings. The third kappa shape index (κ3) is 5.04. The molecule has 0 saturated heterocycles. The van der Waals surface area contributed by atoms with E-state index in [0.29, 0.717) is 16.7 Å². The molecular formula is C16H17Cl2NO. The maximum Gasteiger partial charge on any atom is 0.119 e. The van der Waals surface area contributed by atoms with Crippen LogP contribution in [0.3, 0.4) is 0 Å². The van der Waals surface area contributed by atoms with Gasteiger partial charge in [0.15, 0.2) is 0 Å². The smallest absolute Gasteiger partial charge is 0.119 e. The van der Waals surface area contributed by atoms with E-state index in [1.54, 1.807) is 0 Å². The summed E-state index contributed by atoms with van der Waals surface area (Å²) in [5, 5.41) is 4.54. The standard InChI is InChI=1S/C16H17Cl2NO/c17-15-8-7-13(11-16(15)18)12-19-9-4-10-20-14-5-2-1-3-6-14/h1-3,5-8,11,19H,4,9-10,12H2. The number of nitrogens with one attached hydrogen (secondary N) is 1. The van der Waals surface area contributed by atoms with Gasteiger partial charge in [0, 0.05) is 6.54 Å². The van der Waals surface area contributed by atoms with Crippen molar-refractivity contribution in [3.05, 3.63) is 64.1 Å². The zero-order valence-corrected chi connectivity index (χ0v) is 12.6. The second-order valence-corrected chi connectivity index (χ2v) is 5.25. The van der Waals surface area contributed by atoms with E-state index in [1.165, 1.54) is 0 Å². The molecule has 106 valence electrons. The largest absolute Gasteiger partial charge is 0.494 e. The van der Waals surface area contributed by atoms with E-state index in [4.69, 9.17) is 27.9 Å². The first kappa shape index (κ1) is 15.2. The van der Waals surface area contributed by atoms with Crippen LogP contribution in [-0.2, 0) is 6.54 Å². The maximum absolute atomic E-state index is 5.96. The summed E-state index contributed by atoms with van der Waals surface area (Å²) in [6.07, 6.45) is 0.955. The number of hydrogen-bond donors (Lipinski definition) is 1. The fourth-order valence-electron chi connectivity index (χ4n) is 1.79. The maximum atomic E-state index is 5.96. The Balaban J connectivity index is 1.61. The van der Waals surface area contributed by atoms with Crippen LogP contribution in [0.15, 0.2) is 48.5 Å². The number of para-hydroxylation sites is 1. The molecule has 0 amide bonds. The van der Waals surface area contributed by atoms with Crippen LogP contribution in [0.4, 0.5) is 0 Å². The van der Waals surface area contributed by atoms with Crippen LogP contribution in [0.25, 0.3) is 0 Å². The van der Waals surface area contributed by atoms with Crippen molar-refractivity contribution in [2.45, 2.75) is 13.0 Å². The first-order chi connectivity index (χ1) is 9.75. The Hall–Kier alpha value is -1.22. The Morgan fingerprint density at radius 3 is 2.50 bits per heavy atom. The molecule has 2 aromatic carbocycles. The molecule has 0 spiro atoms. The first-order valence-corrected chi connectivity index (χ1v) is 7.34. The molecule has 0 bridgehead atoms. The van der Waals surface area contributed by atoms with E-state index in [-0.39, 0.29) is 0 Å². The highest BCUT2D eigenvalue weighted by Crippen LogP contribution is 2.22. The van der Waals surface area contributed by atoms with Crippen molar-refractivity contribution in [1.82, 2.24) is 5.32 Å². The quantitative estimate of drug-likeness (QED) is 0.757. The van der Waals surface area contributed by atoms with Gasteiger partial charge in [-0.05, 0) is 42.8 Å². The third-order valence-corrected chi connectivity index (χ3v) is 3.56. The summed E-state index contributed by atoms with van der Waals surface area (Å²) in [4.78, 5) is 0. The van der Waals surface area contributed by atoms with Crippen molar-refractivity contribution >= 4 is 23.2 Å². The van der Waals surface area contributed by atoms with Crippen molar-refractivity contribution in [3.8, 4) is 5.75 Å². The third-order valence-electron chi connectivity index (χ3n) is 2.82. The van der Waals surface area contributed by atoms with Gasteiger partial charge >= 0.3 is 0 Å². The highest BCUT2D eigenvalue weighted by molar-refractivity contribution is 6.42. The molecule has 0 aliphatic heterocycles. The van der Waals surface area contributed by atoms with E-state index in [2.05, 4.69) is 5.32 Å². The molecular weight excluding hydrogens is 293 g/mol. The molecule has 0 heterocycles. The van der Waals surface area contributed by atoms with Crippen LogP contribution in [-0.4, -0.2) is 13.2 Å². The van der Waals surface area contributed by atoms with Crippen LogP contribution >= 0.6 is 23.2 Å². The molecule has 2 nitrogen and oxygen atoms in total. The van der Waals surface area contributed by atoms with Gasteiger partial charge in [0.2, 0.25) is 0 Å². The molecule has 2 rings (SSSR count). The summed E-state index contributed by atoms with van der Waals surface area (Å²) in [6, 6.07) is 15.5. The summed E-state index contributed by atoms with van der Waals surface area (Å²) < 4.78 is 5.61. The zero-order valence-electron chi connectivity index (χ0n) is 11.1. The fourth-order valence-corrected chi connectivity index (χ4v) is 2.11. The van der Waals surface area contributed by atoms with E-state index in [1.807, 2.05) is 48.5 Å². The van der Waals surface area contributed by atoms with Crippen LogP contribution in [0.1, 0.15) is 12.0 Å². The Labute approximate surface area is 129 Å². The highest BCUT2D eigenvalue weighted by Gasteiger charge is 1.99. The minimum absolute atomic E-state index is 0.590. The molecule has 0 saturated carbocycles. The van der Waals surface area contributed by atoms with Gasteiger partial charge in [0.1, 0.15) is 5.75 Å². The predicted octanol–water partition coefficient (Wildman–Crippen LogP) is 4.55. The summed E-state index contributed by atoms with van der Waals surface area (Å²) in [6.45, 7) is 2.38. The fraction of sp³-hybridized carbons (Fsp3) is 0.250. The van der Waals surface area contributed by atoms with Crippen LogP contribution < -0.4 is 10.1 Å². The number of halogens is 2. The van der Waals surface area contributed by atoms with E-state index in [9.17, 15) is 0 Å². The Kier molecular flexibility index (Phi) is 6.19. The van der Waals surface area contributed by atoms with Gasteiger partial charge in [-0.2, -0.15) is 0 Å². The van der Waals surface area contributed by atoms with Gasteiger partial charge in [-0.25, -0.2) is 0 Å². The van der Waals surface area contributed by atoms with Crippen molar-refractivity contribution < 1.29 is 4.74 Å². The van der Waals surface area contributed by atoms with Crippen molar-refractivity contribution in [3.63, 3.8) is 0 Å². The summed E-state index contributed by atoms with van der Waals surface area (Å²) in [5.41, 5.74) is 1.13. The molecule has 0 atom stereocenters. The normalized spacial score (nSPS) is 10.5. The average Bonchev–Trinajstić information content (AvgIpc) is 2.47. The second-order valence-electron chi connectivity index (χ2n) is 4.44. The lowest BCUT2D eigenvalue weighted by molar-refractivity contribution is 0.308. The van der Waals surface area contributed by atoms with Gasteiger partial charge in [-0.15, -0.1) is 0 Å². The van der Waals surface area contributed by atoms with Crippen LogP contribution in [0, 0.1) is 0 Å². The number of ether oxygens (including phenoxy) is 1. The average molecular weight is 310 g/mol. The molecule has 0 fully saturated rings. The Bertz CT molecular complexity index is 531. The lowest BCUT2D eigenvalue weighted by Gasteiger charge is -2.08. The van der Waals surface area contributed by atoms with Crippen LogP contribution in [0.2, 0.25) is 10.0 Å². The number of rotatable bonds is 7. The minimum Gasteiger partial charge on any atom is -0.494 e. The summed E-state index contributed by atoms with van der Waals surface area (Å²) in [7, 11) is 0. The summed E-state index contributed by atoms with van der Waals surface area (Å²) in [5.74, 6) is 0.914. The van der Waals surface area contributed by atoms with E-state index < -0.39 is 0 Å². The molecule has 20 heavy (non-hydrogen) atoms. The highest BCUT2D eigenvalue weighted by atomic mass is 35.5. The van der Waals surface area contributed by atoms with Gasteiger partial charge in [0.05, 0.1) is 16.7 Å². The number of hydrogen-bond acceptors (Lipinski definition) is 2. The van der Waals surface area contributed by atoms with Crippen molar-refractivity contribution in [1.29, 1.82) is 0 Å². The van der Waals surface area contributed by atoms with Crippen molar-refractivity contribution in [2.75, 3.05) is 13.2 Å². The van der Waals surface area contributed by atoms with Gasteiger partial charge < -0.3 is 10.1 Å². The van der Waals surface area contributed by atoms with E-state index in [0.717, 1.165) is 30.8 Å². The second kappa shape index (κ2) is 8.15. The molecule has 1 N–H and O–H groups in total. The molecule has 0 aliphatic rings. The number of benzene rings is 2. The SMILES string of the molecule is Clc1ccc(CNCCCOc2ccccc2)cc1Cl. The molecule has 0 aromatic heterocycles. The minimum atomic E-state index is 0.590. The zero-order chi connectivity index (χ0) is 14.2. The monoisotopic (exact) mass is 309 g/mol. The van der Waals surface area contributed by atoms with Crippen molar-refractivity contribution in [2.24, 2.45) is 0 Å². The Morgan fingerprint density at radius 1 is 0.950 bits per heavy atom. The Morgan fingerprint density at radius 2 is 1.75 bits per heavy atom. The van der Waals surface area contributed by atoms with E-state index >= 15 is 0 Å². The topological polar surface area (TPSA) is 21.3 Å². The molecule has 0 radical (unpaired) electrons. The van der Waals surface area contributed by atoms with Gasteiger partial charge in [0.25, 0.3) is 0 Å². The molecule has 0 unspecified atom stereocenters. The van der Waals surface area contributed by atoms with Gasteiger partial charge in [-0.3, -0.25) is 0 Å². The lowest BCUT2D eigenvalue weighted by Crippen LogP contribution is -2.17.